The Morgan fingerprint density at radius 3 is 2.67 bits per heavy atom. The molecule has 0 aliphatic carbocycles. The molecule has 3 aromatic rings. The minimum absolute atomic E-state index is 0.280. The number of carboxylic acid groups (broad SMARTS) is 1. The predicted molar refractivity (Wildman–Crippen MR) is 123 cm³/mol. The summed E-state index contributed by atoms with van der Waals surface area (Å²) < 4.78 is 8.35. The van der Waals surface area contributed by atoms with E-state index in [1.54, 1.807) is 30.3 Å². The maximum Gasteiger partial charge on any atom is 0.344 e. The van der Waals surface area contributed by atoms with E-state index in [4.69, 9.17) is 9.84 Å². The Morgan fingerprint density at radius 2 is 1.97 bits per heavy atom. The number of hydrogen-bond acceptors (Lipinski definition) is 5. The molecule has 9 heteroatoms. The van der Waals surface area contributed by atoms with Crippen molar-refractivity contribution in [2.75, 3.05) is 0 Å². The smallest absolute Gasteiger partial charge is 0.344 e. The fourth-order valence-corrected chi connectivity index (χ4v) is 3.53. The molecule has 3 rings (SSSR count). The van der Waals surface area contributed by atoms with Crippen molar-refractivity contribution < 1.29 is 14.6 Å². The van der Waals surface area contributed by atoms with Crippen LogP contribution in [-0.2, 0) is 11.2 Å². The fourth-order valence-electron chi connectivity index (χ4n) is 2.79. The highest BCUT2D eigenvalue weighted by Crippen LogP contribution is 2.23. The van der Waals surface area contributed by atoms with Gasteiger partial charge in [0.2, 0.25) is 0 Å². The molecule has 0 saturated carbocycles. The van der Waals surface area contributed by atoms with Crippen LogP contribution >= 0.6 is 31.9 Å². The second kappa shape index (κ2) is 9.53. The number of nitrogens with zero attached hydrogens (tertiary/aromatic N) is 3. The highest BCUT2D eigenvalue weighted by atomic mass is 79.9. The summed E-state index contributed by atoms with van der Waals surface area (Å²) in [6.45, 7) is 3.44. The first-order chi connectivity index (χ1) is 14.3. The second-order valence-corrected chi connectivity index (χ2v) is 8.41. The van der Waals surface area contributed by atoms with E-state index in [9.17, 15) is 9.59 Å². The monoisotopic (exact) mass is 535 g/mol. The zero-order valence-electron chi connectivity index (χ0n) is 16.3. The number of aryl methyl sites for hydroxylation is 1. The molecular weight excluding hydrogens is 518 g/mol. The maximum atomic E-state index is 13.1. The van der Waals surface area contributed by atoms with Gasteiger partial charge in [0.1, 0.15) is 11.6 Å². The van der Waals surface area contributed by atoms with E-state index < -0.39 is 12.1 Å². The predicted octanol–water partition coefficient (Wildman–Crippen LogP) is 4.61. The van der Waals surface area contributed by atoms with Gasteiger partial charge in [-0.05, 0) is 49.7 Å². The molecular formula is C21H19Br2N3O4. The summed E-state index contributed by atoms with van der Waals surface area (Å²) in [5.41, 5.74) is 0.860. The zero-order valence-corrected chi connectivity index (χ0v) is 19.5. The molecule has 0 fully saturated rings. The van der Waals surface area contributed by atoms with Crippen molar-refractivity contribution >= 4 is 54.9 Å². The number of aliphatic carboxylic acids is 1. The minimum Gasteiger partial charge on any atom is -0.479 e. The number of fused-ring (bicyclic) bond motifs is 1. The molecule has 1 heterocycles. The molecule has 0 aliphatic rings. The van der Waals surface area contributed by atoms with Crippen molar-refractivity contribution in [3.63, 3.8) is 0 Å². The molecule has 1 aromatic heterocycles. The third kappa shape index (κ3) is 4.96. The fraction of sp³-hybridized carbons (Fsp3) is 0.238. The van der Waals surface area contributed by atoms with Gasteiger partial charge in [-0.1, -0.05) is 38.8 Å². The second-order valence-electron chi connectivity index (χ2n) is 6.58. The number of rotatable bonds is 7. The van der Waals surface area contributed by atoms with Crippen LogP contribution in [0, 0.1) is 0 Å². The molecule has 0 unspecified atom stereocenters. The quantitative estimate of drug-likeness (QED) is 0.445. The Balaban J connectivity index is 2.10. The number of aromatic nitrogens is 2. The van der Waals surface area contributed by atoms with Crippen molar-refractivity contribution in [1.82, 2.24) is 9.66 Å². The summed E-state index contributed by atoms with van der Waals surface area (Å²) in [6, 6.07) is 10.5. The Kier molecular flexibility index (Phi) is 7.04. The average molecular weight is 537 g/mol. The molecule has 1 atom stereocenters. The summed E-state index contributed by atoms with van der Waals surface area (Å²) >= 11 is 6.78. The Labute approximate surface area is 189 Å². The van der Waals surface area contributed by atoms with Crippen LogP contribution in [0.25, 0.3) is 10.9 Å². The van der Waals surface area contributed by atoms with Crippen LogP contribution in [0.2, 0.25) is 0 Å². The highest BCUT2D eigenvalue weighted by Gasteiger charge is 2.15. The zero-order chi connectivity index (χ0) is 21.8. The number of carboxylic acids is 1. The number of hydrogen-bond donors (Lipinski definition) is 1. The van der Waals surface area contributed by atoms with Crippen molar-refractivity contribution in [1.29, 1.82) is 0 Å². The van der Waals surface area contributed by atoms with E-state index in [1.165, 1.54) is 17.8 Å². The number of carbonyl (C=O) groups is 1. The van der Waals surface area contributed by atoms with Gasteiger partial charge in [-0.3, -0.25) is 4.79 Å². The molecule has 7 nitrogen and oxygen atoms in total. The van der Waals surface area contributed by atoms with E-state index in [-0.39, 0.29) is 5.56 Å². The SMILES string of the molecule is CCCc1nc2ccc(Br)cc2c(=O)n1N=Cc1cc(Br)ccc1O[C@H](C)C(=O)O. The van der Waals surface area contributed by atoms with E-state index in [0.717, 1.165) is 15.4 Å². The van der Waals surface area contributed by atoms with Crippen molar-refractivity contribution in [3.05, 3.63) is 67.1 Å². The van der Waals surface area contributed by atoms with E-state index in [2.05, 4.69) is 41.9 Å². The van der Waals surface area contributed by atoms with Crippen LogP contribution in [-0.4, -0.2) is 33.1 Å². The first-order valence-electron chi connectivity index (χ1n) is 9.24. The molecule has 1 N–H and O–H groups in total. The van der Waals surface area contributed by atoms with Gasteiger partial charge in [0, 0.05) is 20.9 Å². The summed E-state index contributed by atoms with van der Waals surface area (Å²) in [6.07, 6.45) is 1.82. The third-order valence-corrected chi connectivity index (χ3v) is 5.27. The van der Waals surface area contributed by atoms with Crippen LogP contribution in [0.1, 0.15) is 31.7 Å². The van der Waals surface area contributed by atoms with Crippen molar-refractivity contribution in [2.24, 2.45) is 5.10 Å². The van der Waals surface area contributed by atoms with Gasteiger partial charge in [0.25, 0.3) is 5.56 Å². The summed E-state index contributed by atoms with van der Waals surface area (Å²) in [7, 11) is 0. The van der Waals surface area contributed by atoms with E-state index >= 15 is 0 Å². The lowest BCUT2D eigenvalue weighted by Crippen LogP contribution is -2.24. The molecule has 30 heavy (non-hydrogen) atoms. The molecule has 0 bridgehead atoms. The van der Waals surface area contributed by atoms with Crippen molar-refractivity contribution in [3.8, 4) is 5.75 Å². The van der Waals surface area contributed by atoms with Gasteiger partial charge in [0.15, 0.2) is 6.10 Å². The first kappa shape index (κ1) is 22.2. The highest BCUT2D eigenvalue weighted by molar-refractivity contribution is 9.10. The first-order valence-corrected chi connectivity index (χ1v) is 10.8. The van der Waals surface area contributed by atoms with Crippen LogP contribution in [0.3, 0.4) is 0 Å². The standard InChI is InChI=1S/C21H19Br2N3O4/c1-3-4-19-25-17-7-5-15(23)10-16(17)20(27)26(19)24-11-13-9-14(22)6-8-18(13)30-12(2)21(28)29/h5-12H,3-4H2,1-2H3,(H,28,29)/t12-/m1/s1. The summed E-state index contributed by atoms with van der Waals surface area (Å²) in [5, 5.41) is 14.0. The Morgan fingerprint density at radius 1 is 1.27 bits per heavy atom. The van der Waals surface area contributed by atoms with Crippen LogP contribution in [0.15, 0.2) is 55.2 Å². The van der Waals surface area contributed by atoms with Gasteiger partial charge < -0.3 is 9.84 Å². The average Bonchev–Trinajstić information content (AvgIpc) is 2.70. The normalized spacial score (nSPS) is 12.4. The Hall–Kier alpha value is -2.52. The number of halogens is 2. The molecule has 0 radical (unpaired) electrons. The minimum atomic E-state index is -1.08. The molecule has 2 aromatic carbocycles. The van der Waals surface area contributed by atoms with Crippen LogP contribution < -0.4 is 10.3 Å². The largest absolute Gasteiger partial charge is 0.479 e. The lowest BCUT2D eigenvalue weighted by atomic mass is 10.2. The number of ether oxygens (including phenoxy) is 1. The Bertz CT molecular complexity index is 1190. The molecule has 0 spiro atoms. The third-order valence-electron chi connectivity index (χ3n) is 4.28. The maximum absolute atomic E-state index is 13.1. The molecule has 0 saturated heterocycles. The topological polar surface area (TPSA) is 93.8 Å². The molecule has 156 valence electrons. The summed E-state index contributed by atoms with van der Waals surface area (Å²) in [5.74, 6) is -0.185. The lowest BCUT2D eigenvalue weighted by Gasteiger charge is -2.13. The van der Waals surface area contributed by atoms with Gasteiger partial charge in [-0.2, -0.15) is 9.78 Å². The van der Waals surface area contributed by atoms with Crippen LogP contribution in [0.5, 0.6) is 5.75 Å². The molecule has 0 amide bonds. The summed E-state index contributed by atoms with van der Waals surface area (Å²) in [4.78, 5) is 28.8. The van der Waals surface area contributed by atoms with E-state index in [0.29, 0.717) is 34.5 Å². The van der Waals surface area contributed by atoms with Gasteiger partial charge >= 0.3 is 5.97 Å². The van der Waals surface area contributed by atoms with Crippen LogP contribution in [0.4, 0.5) is 0 Å². The van der Waals surface area contributed by atoms with E-state index in [1.807, 2.05) is 13.0 Å². The lowest BCUT2D eigenvalue weighted by molar-refractivity contribution is -0.144. The molecule has 0 aliphatic heterocycles. The van der Waals surface area contributed by atoms with Gasteiger partial charge in [0.05, 0.1) is 17.1 Å². The van der Waals surface area contributed by atoms with Crippen molar-refractivity contribution in [2.45, 2.75) is 32.8 Å². The van der Waals surface area contributed by atoms with Gasteiger partial charge in [-0.15, -0.1) is 0 Å². The van der Waals surface area contributed by atoms with Gasteiger partial charge in [-0.25, -0.2) is 9.78 Å². The number of benzene rings is 2.